The zero-order valence-corrected chi connectivity index (χ0v) is 9.23. The molecule has 13 heavy (non-hydrogen) atoms. The van der Waals surface area contributed by atoms with Gasteiger partial charge >= 0.3 is 0 Å². The average molecular weight is 195 g/mol. The van der Waals surface area contributed by atoms with E-state index in [1.807, 2.05) is 0 Å². The molecule has 3 fully saturated rings. The van der Waals surface area contributed by atoms with Crippen molar-refractivity contribution in [3.63, 3.8) is 0 Å². The zero-order valence-electron chi connectivity index (χ0n) is 8.42. The second kappa shape index (κ2) is 3.18. The molecule has 2 heteroatoms. The van der Waals surface area contributed by atoms with Crippen LogP contribution in [-0.4, -0.2) is 11.7 Å². The van der Waals surface area contributed by atoms with Gasteiger partial charge in [-0.3, -0.25) is 0 Å². The summed E-state index contributed by atoms with van der Waals surface area (Å²) in [6.45, 7) is 5.75. The van der Waals surface area contributed by atoms with Gasteiger partial charge in [0.25, 0.3) is 0 Å². The van der Waals surface area contributed by atoms with Crippen molar-refractivity contribution in [2.24, 2.45) is 28.2 Å². The first-order valence-electron chi connectivity index (χ1n) is 5.20. The molecule has 0 radical (unpaired) electrons. The van der Waals surface area contributed by atoms with Gasteiger partial charge in [0, 0.05) is 0 Å². The fourth-order valence-corrected chi connectivity index (χ4v) is 3.41. The molecule has 72 valence electrons. The lowest BCUT2D eigenvalue weighted by molar-refractivity contribution is -0.101. The summed E-state index contributed by atoms with van der Waals surface area (Å²) in [7, 11) is 0. The molecule has 2 bridgehead atoms. The third-order valence-electron chi connectivity index (χ3n) is 4.39. The summed E-state index contributed by atoms with van der Waals surface area (Å²) in [6.07, 6.45) is 4.20. The standard InChI is InChI=1S/C11H17NS/c1-11(2)9-4-3-8(6-12-7-13)10(11)5-9/h8-10H,3-6H2,1-2H3. The van der Waals surface area contributed by atoms with Crippen LogP contribution in [0, 0.1) is 23.2 Å². The van der Waals surface area contributed by atoms with E-state index in [-0.39, 0.29) is 0 Å². The molecule has 1 nitrogen and oxygen atoms in total. The highest BCUT2D eigenvalue weighted by atomic mass is 32.1. The molecule has 0 aromatic heterocycles. The number of hydrogen-bond donors (Lipinski definition) is 0. The third kappa shape index (κ3) is 1.37. The second-order valence-corrected chi connectivity index (χ2v) is 5.31. The largest absolute Gasteiger partial charge is 0.232 e. The van der Waals surface area contributed by atoms with E-state index in [0.29, 0.717) is 5.41 Å². The van der Waals surface area contributed by atoms with E-state index < -0.39 is 0 Å². The fraction of sp³-hybridized carbons (Fsp3) is 0.909. The Hall–Kier alpha value is -0.200. The van der Waals surface area contributed by atoms with Crippen LogP contribution in [0.1, 0.15) is 33.1 Å². The quantitative estimate of drug-likeness (QED) is 0.487. The molecule has 3 unspecified atom stereocenters. The second-order valence-electron chi connectivity index (χ2n) is 5.13. The maximum Gasteiger partial charge on any atom is 0.0585 e. The van der Waals surface area contributed by atoms with Crippen molar-refractivity contribution >= 4 is 17.4 Å². The van der Waals surface area contributed by atoms with Crippen LogP contribution in [-0.2, 0) is 0 Å². The van der Waals surface area contributed by atoms with Gasteiger partial charge in [0.1, 0.15) is 0 Å². The molecule has 3 saturated carbocycles. The van der Waals surface area contributed by atoms with E-state index in [9.17, 15) is 0 Å². The highest BCUT2D eigenvalue weighted by molar-refractivity contribution is 7.78. The van der Waals surface area contributed by atoms with Gasteiger partial charge in [-0.1, -0.05) is 13.8 Å². The Labute approximate surface area is 85.6 Å². The van der Waals surface area contributed by atoms with Gasteiger partial charge in [-0.25, -0.2) is 4.99 Å². The molecule has 0 aliphatic heterocycles. The van der Waals surface area contributed by atoms with E-state index >= 15 is 0 Å². The zero-order chi connectivity index (χ0) is 9.47. The summed E-state index contributed by atoms with van der Waals surface area (Å²) in [4.78, 5) is 4.10. The first-order valence-corrected chi connectivity index (χ1v) is 5.60. The van der Waals surface area contributed by atoms with E-state index in [2.05, 4.69) is 36.2 Å². The summed E-state index contributed by atoms with van der Waals surface area (Å²) in [6, 6.07) is 0. The summed E-state index contributed by atoms with van der Waals surface area (Å²) < 4.78 is 0. The number of nitrogens with zero attached hydrogens (tertiary/aromatic N) is 1. The van der Waals surface area contributed by atoms with E-state index in [1.165, 1.54) is 19.3 Å². The van der Waals surface area contributed by atoms with Gasteiger partial charge in [0.2, 0.25) is 0 Å². The van der Waals surface area contributed by atoms with Crippen molar-refractivity contribution in [3.8, 4) is 0 Å². The molecule has 0 aromatic rings. The van der Waals surface area contributed by atoms with E-state index in [0.717, 1.165) is 24.3 Å². The fourth-order valence-electron chi connectivity index (χ4n) is 3.34. The Morgan fingerprint density at radius 1 is 1.46 bits per heavy atom. The van der Waals surface area contributed by atoms with Gasteiger partial charge in [0.15, 0.2) is 0 Å². The maximum atomic E-state index is 4.61. The SMILES string of the molecule is CC1(C)C2CCC(CN=C=S)C1C2. The normalized spacial score (nSPS) is 40.3. The number of aliphatic imine (C=N–C) groups is 1. The number of fused-ring (bicyclic) bond motifs is 2. The topological polar surface area (TPSA) is 12.4 Å². The Morgan fingerprint density at radius 2 is 2.23 bits per heavy atom. The summed E-state index contributed by atoms with van der Waals surface area (Å²) >= 11 is 4.61. The predicted molar refractivity (Wildman–Crippen MR) is 58.0 cm³/mol. The number of hydrogen-bond acceptors (Lipinski definition) is 2. The third-order valence-corrected chi connectivity index (χ3v) is 4.52. The Balaban J connectivity index is 2.02. The number of rotatable bonds is 2. The van der Waals surface area contributed by atoms with Gasteiger partial charge in [-0.15, -0.1) is 0 Å². The number of isothiocyanates is 1. The first-order chi connectivity index (χ1) is 6.16. The molecule has 0 N–H and O–H groups in total. The van der Waals surface area contributed by atoms with Crippen molar-refractivity contribution in [1.82, 2.24) is 0 Å². The van der Waals surface area contributed by atoms with Crippen molar-refractivity contribution in [2.45, 2.75) is 33.1 Å². The van der Waals surface area contributed by atoms with Crippen LogP contribution >= 0.6 is 12.2 Å². The Kier molecular flexibility index (Phi) is 2.29. The van der Waals surface area contributed by atoms with Crippen LogP contribution in [0.5, 0.6) is 0 Å². The lowest BCUT2D eigenvalue weighted by Gasteiger charge is -2.60. The molecule has 0 spiro atoms. The molecule has 0 saturated heterocycles. The summed E-state index contributed by atoms with van der Waals surface area (Å²) in [5.74, 6) is 2.68. The maximum absolute atomic E-state index is 4.61. The predicted octanol–water partition coefficient (Wildman–Crippen LogP) is 3.16. The van der Waals surface area contributed by atoms with Crippen LogP contribution in [0.2, 0.25) is 0 Å². The minimum atomic E-state index is 0.583. The summed E-state index contributed by atoms with van der Waals surface area (Å²) in [5, 5.41) is 2.49. The van der Waals surface area contributed by atoms with E-state index in [1.54, 1.807) is 0 Å². The molecule has 0 aromatic carbocycles. The molecule has 0 amide bonds. The van der Waals surface area contributed by atoms with Crippen molar-refractivity contribution in [1.29, 1.82) is 0 Å². The highest BCUT2D eigenvalue weighted by Crippen LogP contribution is 2.61. The lowest BCUT2D eigenvalue weighted by atomic mass is 9.45. The minimum absolute atomic E-state index is 0.583. The number of thiocarbonyl (C=S) groups is 1. The van der Waals surface area contributed by atoms with Gasteiger partial charge in [-0.2, -0.15) is 0 Å². The minimum Gasteiger partial charge on any atom is -0.232 e. The lowest BCUT2D eigenvalue weighted by Crippen LogP contribution is -2.52. The molecular formula is C11H17NS. The highest BCUT2D eigenvalue weighted by Gasteiger charge is 2.53. The molecule has 0 heterocycles. The van der Waals surface area contributed by atoms with Crippen LogP contribution in [0.15, 0.2) is 4.99 Å². The van der Waals surface area contributed by atoms with Crippen LogP contribution in [0.3, 0.4) is 0 Å². The van der Waals surface area contributed by atoms with Crippen molar-refractivity contribution < 1.29 is 0 Å². The molecule has 3 rings (SSSR count). The van der Waals surface area contributed by atoms with Crippen LogP contribution < -0.4 is 0 Å². The monoisotopic (exact) mass is 195 g/mol. The Morgan fingerprint density at radius 3 is 2.77 bits per heavy atom. The van der Waals surface area contributed by atoms with Gasteiger partial charge in [0.05, 0.1) is 11.7 Å². The van der Waals surface area contributed by atoms with Crippen molar-refractivity contribution in [2.75, 3.05) is 6.54 Å². The average Bonchev–Trinajstić information content (AvgIpc) is 2.14. The van der Waals surface area contributed by atoms with Crippen LogP contribution in [0.25, 0.3) is 0 Å². The van der Waals surface area contributed by atoms with Crippen molar-refractivity contribution in [3.05, 3.63) is 0 Å². The summed E-state index contributed by atoms with van der Waals surface area (Å²) in [5.41, 5.74) is 0.583. The Bertz CT molecular complexity index is 251. The first kappa shape index (κ1) is 9.36. The molecular weight excluding hydrogens is 178 g/mol. The molecule has 3 aliphatic rings. The van der Waals surface area contributed by atoms with Gasteiger partial charge in [-0.05, 0) is 54.6 Å². The molecule has 3 atom stereocenters. The van der Waals surface area contributed by atoms with E-state index in [4.69, 9.17) is 0 Å². The smallest absolute Gasteiger partial charge is 0.0585 e. The van der Waals surface area contributed by atoms with Gasteiger partial charge < -0.3 is 0 Å². The molecule has 3 aliphatic carbocycles. The van der Waals surface area contributed by atoms with Crippen LogP contribution in [0.4, 0.5) is 0 Å².